The second-order valence-corrected chi connectivity index (χ2v) is 8.33. The monoisotopic (exact) mass is 538 g/mol. The van der Waals surface area contributed by atoms with Gasteiger partial charge in [0.2, 0.25) is 0 Å². The number of halogens is 4. The maximum atomic E-state index is 15.0. The van der Waals surface area contributed by atoms with Crippen molar-refractivity contribution in [3.8, 4) is 0 Å². The van der Waals surface area contributed by atoms with Crippen LogP contribution in [0.4, 0.5) is 23.2 Å². The zero-order valence-corrected chi connectivity index (χ0v) is 22.0. The van der Waals surface area contributed by atoms with Crippen molar-refractivity contribution in [1.29, 1.82) is 0 Å². The molecule has 1 rings (SSSR count). The molecule has 0 saturated heterocycles. The molecule has 0 aliphatic carbocycles. The highest BCUT2D eigenvalue weighted by molar-refractivity contribution is 7.84. The predicted molar refractivity (Wildman–Crippen MR) is 139 cm³/mol. The van der Waals surface area contributed by atoms with Crippen molar-refractivity contribution in [2.75, 3.05) is 65.1 Å². The van der Waals surface area contributed by atoms with Crippen molar-refractivity contribution in [1.82, 2.24) is 26.1 Å². The summed E-state index contributed by atoms with van der Waals surface area (Å²) in [5.41, 5.74) is 8.29. The Morgan fingerprint density at radius 3 is 2.36 bits per heavy atom. The number of thiol groups is 1. The smallest absolute Gasteiger partial charge is 0.265 e. The molecular formula is C22H38F4N8OS. The molecule has 0 radical (unpaired) electrons. The van der Waals surface area contributed by atoms with E-state index in [1.165, 1.54) is 4.90 Å². The van der Waals surface area contributed by atoms with E-state index < -0.39 is 24.5 Å². The molecule has 14 heteroatoms. The Labute approximate surface area is 215 Å². The van der Waals surface area contributed by atoms with Crippen LogP contribution in [-0.4, -0.2) is 75.3 Å². The lowest BCUT2D eigenvalue weighted by atomic mass is 10.0. The quantitative estimate of drug-likeness (QED) is 0.0555. The van der Waals surface area contributed by atoms with Gasteiger partial charge in [-0.2, -0.15) is 5.12 Å². The lowest BCUT2D eigenvalue weighted by Gasteiger charge is -2.27. The predicted octanol–water partition coefficient (Wildman–Crippen LogP) is 1.68. The topological polar surface area (TPSA) is 118 Å². The third-order valence-corrected chi connectivity index (χ3v) is 5.67. The van der Waals surface area contributed by atoms with Gasteiger partial charge in [0.1, 0.15) is 18.3 Å². The van der Waals surface area contributed by atoms with Crippen LogP contribution in [0.15, 0.2) is 28.6 Å². The molecule has 0 saturated carbocycles. The molecule has 0 aliphatic rings. The summed E-state index contributed by atoms with van der Waals surface area (Å²) in [5.74, 6) is 5.44. The van der Waals surface area contributed by atoms with Crippen LogP contribution in [0.2, 0.25) is 0 Å². The number of hydrogen-bond donors (Lipinski definition) is 7. The van der Waals surface area contributed by atoms with E-state index >= 15 is 4.39 Å². The van der Waals surface area contributed by atoms with E-state index in [4.69, 9.17) is 11.6 Å². The number of benzene rings is 1. The van der Waals surface area contributed by atoms with Crippen molar-refractivity contribution in [2.45, 2.75) is 20.3 Å². The molecule has 0 fully saturated rings. The van der Waals surface area contributed by atoms with Gasteiger partial charge < -0.3 is 36.7 Å². The van der Waals surface area contributed by atoms with Crippen LogP contribution in [0.25, 0.3) is 5.70 Å². The van der Waals surface area contributed by atoms with Crippen LogP contribution in [0.1, 0.15) is 31.4 Å². The number of nitrogens with two attached hydrogens (primary N) is 2. The van der Waals surface area contributed by atoms with Crippen LogP contribution < -0.4 is 32.5 Å². The molecule has 1 aromatic carbocycles. The molecule has 0 heterocycles. The Morgan fingerprint density at radius 2 is 1.86 bits per heavy atom. The Morgan fingerprint density at radius 1 is 1.22 bits per heavy atom. The first-order chi connectivity index (χ1) is 17.1. The highest BCUT2D eigenvalue weighted by Crippen LogP contribution is 2.35. The summed E-state index contributed by atoms with van der Waals surface area (Å²) < 4.78 is 56.3. The van der Waals surface area contributed by atoms with Crippen LogP contribution >= 0.6 is 12.6 Å². The first-order valence-corrected chi connectivity index (χ1v) is 11.8. The van der Waals surface area contributed by atoms with E-state index in [-0.39, 0.29) is 41.5 Å². The van der Waals surface area contributed by atoms with Crippen molar-refractivity contribution < 1.29 is 22.7 Å². The minimum Gasteiger partial charge on any atom is -0.390 e. The van der Waals surface area contributed by atoms with Gasteiger partial charge in [-0.3, -0.25) is 5.84 Å². The van der Waals surface area contributed by atoms with Crippen LogP contribution in [0.5, 0.6) is 0 Å². The minimum absolute atomic E-state index is 0.0290. The van der Waals surface area contributed by atoms with Crippen LogP contribution in [0.3, 0.4) is 0 Å². The van der Waals surface area contributed by atoms with Gasteiger partial charge in [-0.05, 0) is 33.0 Å². The summed E-state index contributed by atoms with van der Waals surface area (Å²) in [7, 11) is 3.49. The number of nitrogens with one attached hydrogen (secondary N) is 3. The molecule has 0 spiro atoms. The summed E-state index contributed by atoms with van der Waals surface area (Å²) in [6.45, 7) is 3.51. The third-order valence-electron chi connectivity index (χ3n) is 5.33. The molecule has 0 amide bonds. The first kappa shape index (κ1) is 31.6. The van der Waals surface area contributed by atoms with Crippen molar-refractivity contribution in [2.24, 2.45) is 11.6 Å². The number of allylic oxidation sites excluding steroid dienone is 1. The molecular weight excluding hydrogens is 500 g/mol. The Hall–Kier alpha value is -2.39. The van der Waals surface area contributed by atoms with E-state index in [0.717, 1.165) is 17.3 Å². The second kappa shape index (κ2) is 15.7. The normalized spacial score (nSPS) is 13.0. The maximum Gasteiger partial charge on any atom is 0.265 e. The molecule has 0 atom stereocenters. The van der Waals surface area contributed by atoms with Gasteiger partial charge in [0.15, 0.2) is 0 Å². The molecule has 0 bridgehead atoms. The zero-order valence-electron chi connectivity index (χ0n) is 21.1. The first-order valence-electron chi connectivity index (χ1n) is 11.4. The number of rotatable bonds is 16. The average Bonchev–Trinajstić information content (AvgIpc) is 2.85. The molecule has 0 aliphatic heterocycles. The summed E-state index contributed by atoms with van der Waals surface area (Å²) in [4.78, 5) is 3.02. The molecule has 9 nitrogen and oxygen atoms in total. The molecule has 0 unspecified atom stereocenters. The Kier molecular flexibility index (Phi) is 13.8. The third kappa shape index (κ3) is 8.62. The Bertz CT molecular complexity index is 899. The summed E-state index contributed by atoms with van der Waals surface area (Å²) in [6.07, 6.45) is -2.96. The van der Waals surface area contributed by atoms with Gasteiger partial charge in [-0.15, -0.1) is 12.6 Å². The molecule has 36 heavy (non-hydrogen) atoms. The van der Waals surface area contributed by atoms with E-state index in [1.807, 2.05) is 0 Å². The van der Waals surface area contributed by atoms with Crippen molar-refractivity contribution in [3.63, 3.8) is 0 Å². The fourth-order valence-electron chi connectivity index (χ4n) is 3.47. The van der Waals surface area contributed by atoms with Crippen LogP contribution in [0, 0.1) is 5.82 Å². The number of aliphatic hydroxyl groups excluding tert-OH is 1. The summed E-state index contributed by atoms with van der Waals surface area (Å²) >= 11 is 4.10. The van der Waals surface area contributed by atoms with E-state index in [0.29, 0.717) is 31.3 Å². The van der Waals surface area contributed by atoms with E-state index in [2.05, 4.69) is 28.7 Å². The Balaban J connectivity index is 3.15. The minimum atomic E-state index is -2.96. The highest BCUT2D eigenvalue weighted by atomic mass is 32.1. The summed E-state index contributed by atoms with van der Waals surface area (Å²) in [6, 6.07) is 2.15. The SMILES string of the molecule is CCN(CC)c1c(F)cc(/C(NN(N)CCN/C(CO)=C(\N)N(C)CNC)=C(/S)CF)cc1C(F)F. The largest absolute Gasteiger partial charge is 0.390 e. The standard InChI is InChI=1S/C22H38F4N8OS/c1-5-33(6-2)20-15(21(25)26)9-14(10-16(20)24)19(18(36)11-23)31-34(28)8-7-30-17(12-35)22(27)32(4)13-29-3/h9-10,21,29-31,35-36H,5-8,11-13,27-28H2,1-4H3/b19-18-,22-17+. The van der Waals surface area contributed by atoms with Gasteiger partial charge in [-0.1, -0.05) is 0 Å². The number of hydrazine groups is 2. The number of anilines is 1. The van der Waals surface area contributed by atoms with Crippen LogP contribution in [-0.2, 0) is 0 Å². The van der Waals surface area contributed by atoms with Gasteiger partial charge in [0.05, 0.1) is 36.9 Å². The number of alkyl halides is 3. The van der Waals surface area contributed by atoms with E-state index in [1.54, 1.807) is 32.8 Å². The van der Waals surface area contributed by atoms with Gasteiger partial charge in [0, 0.05) is 42.7 Å². The summed E-state index contributed by atoms with van der Waals surface area (Å²) in [5, 5.41) is 16.6. The zero-order chi connectivity index (χ0) is 27.4. The van der Waals surface area contributed by atoms with Crippen molar-refractivity contribution >= 4 is 24.0 Å². The van der Waals surface area contributed by atoms with Gasteiger partial charge in [-0.25, -0.2) is 17.6 Å². The lowest BCUT2D eigenvalue weighted by Crippen LogP contribution is -2.47. The van der Waals surface area contributed by atoms with E-state index in [9.17, 15) is 18.3 Å². The van der Waals surface area contributed by atoms with Gasteiger partial charge >= 0.3 is 0 Å². The highest BCUT2D eigenvalue weighted by Gasteiger charge is 2.24. The van der Waals surface area contributed by atoms with Gasteiger partial charge in [0.25, 0.3) is 6.43 Å². The molecule has 8 N–H and O–H groups in total. The molecule has 0 aromatic heterocycles. The fourth-order valence-corrected chi connectivity index (χ4v) is 3.65. The number of nitrogens with zero attached hydrogens (tertiary/aromatic N) is 3. The lowest BCUT2D eigenvalue weighted by molar-refractivity contribution is 0.151. The molecule has 206 valence electrons. The second-order valence-electron chi connectivity index (χ2n) is 7.79. The number of aliphatic hydroxyl groups is 1. The molecule has 1 aromatic rings. The number of hydrogen-bond acceptors (Lipinski definition) is 10. The fraction of sp³-hybridized carbons (Fsp3) is 0.545. The average molecular weight is 539 g/mol. The van der Waals surface area contributed by atoms with Crippen molar-refractivity contribution in [3.05, 3.63) is 45.5 Å². The maximum absolute atomic E-state index is 15.0.